The molecule has 1 atom stereocenters. The number of methoxy groups -OCH3 is 1. The van der Waals surface area contributed by atoms with E-state index >= 15 is 0 Å². The Morgan fingerprint density at radius 1 is 1.14 bits per heavy atom. The van der Waals surface area contributed by atoms with Gasteiger partial charge in [0.15, 0.2) is 6.10 Å². The standard InChI is InChI=1S/C20H28N2O6S/c1-14(19(23)21-16-7-3-4-8-16)28-20(24)15-9-10-17(27-2)18(13-15)29(25,26)22-11-5-6-12-22/h9-10,13-14,16H,3-8,11-12H2,1-2H3,(H,21,23)/t14-/m1/s1. The molecule has 0 bridgehead atoms. The minimum Gasteiger partial charge on any atom is -0.495 e. The molecule has 29 heavy (non-hydrogen) atoms. The van der Waals surface area contributed by atoms with E-state index in [1.54, 1.807) is 0 Å². The first-order chi connectivity index (χ1) is 13.8. The van der Waals surface area contributed by atoms with Crippen LogP contribution in [0.25, 0.3) is 0 Å². The van der Waals surface area contributed by atoms with E-state index in [0.717, 1.165) is 38.5 Å². The second kappa shape index (κ2) is 9.13. The maximum absolute atomic E-state index is 12.9. The Labute approximate surface area is 171 Å². The zero-order chi connectivity index (χ0) is 21.0. The topological polar surface area (TPSA) is 102 Å². The largest absolute Gasteiger partial charge is 0.495 e. The highest BCUT2D eigenvalue weighted by Crippen LogP contribution is 2.30. The van der Waals surface area contributed by atoms with Gasteiger partial charge < -0.3 is 14.8 Å². The number of sulfonamides is 1. The third kappa shape index (κ3) is 4.90. The minimum absolute atomic E-state index is 0.0593. The molecule has 0 spiro atoms. The van der Waals surface area contributed by atoms with Gasteiger partial charge in [-0.15, -0.1) is 0 Å². The lowest BCUT2D eigenvalue weighted by Crippen LogP contribution is -2.40. The number of rotatable bonds is 7. The summed E-state index contributed by atoms with van der Waals surface area (Å²) in [5, 5.41) is 2.89. The normalized spacial score (nSPS) is 19.1. The number of amides is 1. The summed E-state index contributed by atoms with van der Waals surface area (Å²) in [6.45, 7) is 2.39. The van der Waals surface area contributed by atoms with Crippen LogP contribution in [0, 0.1) is 0 Å². The summed E-state index contributed by atoms with van der Waals surface area (Å²) in [6.07, 6.45) is 4.67. The lowest BCUT2D eigenvalue weighted by atomic mass is 10.2. The third-order valence-electron chi connectivity index (χ3n) is 5.44. The average molecular weight is 425 g/mol. The Kier molecular flexibility index (Phi) is 6.79. The first-order valence-corrected chi connectivity index (χ1v) is 11.5. The van der Waals surface area contributed by atoms with Gasteiger partial charge in [0.1, 0.15) is 10.6 Å². The van der Waals surface area contributed by atoms with E-state index in [-0.39, 0.29) is 28.2 Å². The summed E-state index contributed by atoms with van der Waals surface area (Å²) >= 11 is 0. The first-order valence-electron chi connectivity index (χ1n) is 10.0. The summed E-state index contributed by atoms with van der Waals surface area (Å²) < 4.78 is 37.7. The number of nitrogens with one attached hydrogen (secondary N) is 1. The molecule has 1 aliphatic carbocycles. The van der Waals surface area contributed by atoms with Crippen molar-refractivity contribution in [2.24, 2.45) is 0 Å². The van der Waals surface area contributed by atoms with E-state index in [9.17, 15) is 18.0 Å². The Balaban J connectivity index is 1.74. The van der Waals surface area contributed by atoms with E-state index in [1.165, 1.54) is 36.5 Å². The highest BCUT2D eigenvalue weighted by Gasteiger charge is 2.31. The monoisotopic (exact) mass is 424 g/mol. The van der Waals surface area contributed by atoms with Gasteiger partial charge in [-0.25, -0.2) is 13.2 Å². The molecule has 0 unspecified atom stereocenters. The number of benzene rings is 1. The van der Waals surface area contributed by atoms with Crippen LogP contribution < -0.4 is 10.1 Å². The van der Waals surface area contributed by atoms with Crippen LogP contribution in [0.3, 0.4) is 0 Å². The Morgan fingerprint density at radius 2 is 1.79 bits per heavy atom. The highest BCUT2D eigenvalue weighted by molar-refractivity contribution is 7.89. The van der Waals surface area contributed by atoms with Crippen LogP contribution in [0.1, 0.15) is 55.8 Å². The Bertz CT molecular complexity index is 858. The predicted molar refractivity (Wildman–Crippen MR) is 106 cm³/mol. The molecular formula is C20H28N2O6S. The van der Waals surface area contributed by atoms with E-state index in [4.69, 9.17) is 9.47 Å². The van der Waals surface area contributed by atoms with Gasteiger partial charge in [0, 0.05) is 19.1 Å². The Morgan fingerprint density at radius 3 is 2.41 bits per heavy atom. The van der Waals surface area contributed by atoms with Crippen LogP contribution in [0.2, 0.25) is 0 Å². The van der Waals surface area contributed by atoms with Crippen LogP contribution in [0.15, 0.2) is 23.1 Å². The summed E-state index contributed by atoms with van der Waals surface area (Å²) in [7, 11) is -2.40. The molecule has 1 amide bonds. The molecule has 8 nitrogen and oxygen atoms in total. The van der Waals surface area contributed by atoms with Crippen molar-refractivity contribution in [1.82, 2.24) is 9.62 Å². The van der Waals surface area contributed by atoms with Gasteiger partial charge in [-0.1, -0.05) is 12.8 Å². The number of esters is 1. The van der Waals surface area contributed by atoms with Crippen molar-refractivity contribution in [3.05, 3.63) is 23.8 Å². The van der Waals surface area contributed by atoms with Crippen molar-refractivity contribution in [3.8, 4) is 5.75 Å². The zero-order valence-electron chi connectivity index (χ0n) is 16.8. The molecule has 1 saturated heterocycles. The van der Waals surface area contributed by atoms with Crippen molar-refractivity contribution in [2.45, 2.75) is 62.5 Å². The molecule has 9 heteroatoms. The fourth-order valence-corrected chi connectivity index (χ4v) is 5.44. The van der Waals surface area contributed by atoms with Crippen LogP contribution >= 0.6 is 0 Å². The maximum Gasteiger partial charge on any atom is 0.338 e. The predicted octanol–water partition coefficient (Wildman–Crippen LogP) is 2.08. The average Bonchev–Trinajstić information content (AvgIpc) is 3.41. The molecule has 1 N–H and O–H groups in total. The van der Waals surface area contributed by atoms with Crippen LogP contribution in [0.5, 0.6) is 5.75 Å². The van der Waals surface area contributed by atoms with Gasteiger partial charge in [-0.2, -0.15) is 4.31 Å². The van der Waals surface area contributed by atoms with Crippen molar-refractivity contribution in [2.75, 3.05) is 20.2 Å². The quantitative estimate of drug-likeness (QED) is 0.673. The number of hydrogen-bond acceptors (Lipinski definition) is 6. The molecule has 3 rings (SSSR count). The van der Waals surface area contributed by atoms with Crippen molar-refractivity contribution in [3.63, 3.8) is 0 Å². The van der Waals surface area contributed by atoms with Gasteiger partial charge in [0.25, 0.3) is 5.91 Å². The summed E-state index contributed by atoms with van der Waals surface area (Å²) in [5.41, 5.74) is 0.0593. The molecule has 2 fully saturated rings. The number of nitrogens with zero attached hydrogens (tertiary/aromatic N) is 1. The molecule has 1 heterocycles. The molecular weight excluding hydrogens is 396 g/mol. The molecule has 1 saturated carbocycles. The number of hydrogen-bond donors (Lipinski definition) is 1. The second-order valence-corrected chi connectivity index (χ2v) is 9.42. The van der Waals surface area contributed by atoms with E-state index in [1.807, 2.05) is 0 Å². The highest BCUT2D eigenvalue weighted by atomic mass is 32.2. The molecule has 1 aromatic rings. The van der Waals surface area contributed by atoms with Gasteiger partial charge in [0.2, 0.25) is 10.0 Å². The lowest BCUT2D eigenvalue weighted by molar-refractivity contribution is -0.129. The number of ether oxygens (including phenoxy) is 2. The third-order valence-corrected chi connectivity index (χ3v) is 7.36. The van der Waals surface area contributed by atoms with Crippen molar-refractivity contribution in [1.29, 1.82) is 0 Å². The van der Waals surface area contributed by atoms with Crippen LogP contribution in [-0.2, 0) is 19.6 Å². The van der Waals surface area contributed by atoms with Crippen LogP contribution in [-0.4, -0.2) is 56.9 Å². The molecule has 1 aliphatic heterocycles. The smallest absolute Gasteiger partial charge is 0.338 e. The fraction of sp³-hybridized carbons (Fsp3) is 0.600. The number of carbonyl (C=O) groups is 2. The second-order valence-electron chi connectivity index (χ2n) is 7.51. The van der Waals surface area contributed by atoms with Gasteiger partial charge in [-0.3, -0.25) is 4.79 Å². The molecule has 0 radical (unpaired) electrons. The molecule has 2 aliphatic rings. The summed E-state index contributed by atoms with van der Waals surface area (Å²) in [6, 6.07) is 4.26. The van der Waals surface area contributed by atoms with Gasteiger partial charge in [0.05, 0.1) is 12.7 Å². The lowest BCUT2D eigenvalue weighted by Gasteiger charge is -2.19. The number of carbonyl (C=O) groups excluding carboxylic acids is 2. The molecule has 1 aromatic carbocycles. The Hall–Kier alpha value is -2.13. The minimum atomic E-state index is -3.78. The van der Waals surface area contributed by atoms with Gasteiger partial charge in [-0.05, 0) is 50.8 Å². The van der Waals surface area contributed by atoms with E-state index < -0.39 is 22.1 Å². The fourth-order valence-electron chi connectivity index (χ4n) is 3.74. The van der Waals surface area contributed by atoms with Crippen molar-refractivity contribution >= 4 is 21.9 Å². The summed E-state index contributed by atoms with van der Waals surface area (Å²) in [5.74, 6) is -0.927. The zero-order valence-corrected chi connectivity index (χ0v) is 17.7. The van der Waals surface area contributed by atoms with E-state index in [2.05, 4.69) is 5.32 Å². The van der Waals surface area contributed by atoms with Crippen molar-refractivity contribution < 1.29 is 27.5 Å². The first kappa shape index (κ1) is 21.6. The van der Waals surface area contributed by atoms with Crippen LogP contribution in [0.4, 0.5) is 0 Å². The summed E-state index contributed by atoms with van der Waals surface area (Å²) in [4.78, 5) is 24.7. The molecule has 0 aromatic heterocycles. The van der Waals surface area contributed by atoms with E-state index in [0.29, 0.717) is 13.1 Å². The SMILES string of the molecule is COc1ccc(C(=O)O[C@H](C)C(=O)NC2CCCC2)cc1S(=O)(=O)N1CCCC1. The molecule has 160 valence electrons. The van der Waals surface area contributed by atoms with Gasteiger partial charge >= 0.3 is 5.97 Å². The maximum atomic E-state index is 12.9.